The lowest BCUT2D eigenvalue weighted by Crippen LogP contribution is -2.44. The third kappa shape index (κ3) is 3.14. The normalized spacial score (nSPS) is 26.7. The van der Waals surface area contributed by atoms with Crippen LogP contribution in [0, 0.1) is 0 Å². The van der Waals surface area contributed by atoms with Crippen molar-refractivity contribution >= 4 is 23.1 Å². The number of hydrogen-bond acceptors (Lipinski definition) is 6. The maximum atomic E-state index is 5.50. The Balaban J connectivity index is 1.92. The van der Waals surface area contributed by atoms with Gasteiger partial charge in [0.05, 0.1) is 11.9 Å². The average Bonchev–Trinajstić information content (AvgIpc) is 2.74. The summed E-state index contributed by atoms with van der Waals surface area (Å²) in [7, 11) is 0. The summed E-state index contributed by atoms with van der Waals surface area (Å²) in [5, 5.41) is 11.9. The molecule has 15 heavy (non-hydrogen) atoms. The Bertz CT molecular complexity index is 279. The van der Waals surface area contributed by atoms with Crippen LogP contribution < -0.4 is 5.32 Å². The number of aromatic nitrogens is 2. The summed E-state index contributed by atoms with van der Waals surface area (Å²) >= 11 is 3.37. The van der Waals surface area contributed by atoms with Gasteiger partial charge in [0.2, 0.25) is 0 Å². The molecule has 1 aliphatic heterocycles. The van der Waals surface area contributed by atoms with Crippen LogP contribution in [0.1, 0.15) is 13.3 Å². The van der Waals surface area contributed by atoms with E-state index in [2.05, 4.69) is 22.4 Å². The van der Waals surface area contributed by atoms with Gasteiger partial charge in [0.15, 0.2) is 4.34 Å². The standard InChI is InChI=1S/C9H15N3OS2/c1-2-10-7-3-4-13-5-8(7)15-9-12-11-6-14-9/h6-8,10H,2-5H2,1H3. The van der Waals surface area contributed by atoms with Crippen molar-refractivity contribution in [2.24, 2.45) is 0 Å². The molecule has 2 heterocycles. The van der Waals surface area contributed by atoms with E-state index in [4.69, 9.17) is 4.74 Å². The Morgan fingerprint density at radius 3 is 3.40 bits per heavy atom. The molecule has 1 aliphatic rings. The highest BCUT2D eigenvalue weighted by molar-refractivity contribution is 8.01. The molecule has 0 aromatic carbocycles. The highest BCUT2D eigenvalue weighted by Crippen LogP contribution is 2.29. The molecular formula is C9H15N3OS2. The minimum Gasteiger partial charge on any atom is -0.380 e. The Kier molecular flexibility index (Phi) is 4.37. The molecule has 0 bridgehead atoms. The smallest absolute Gasteiger partial charge is 0.174 e. The van der Waals surface area contributed by atoms with Gasteiger partial charge < -0.3 is 10.1 Å². The first-order valence-electron chi connectivity index (χ1n) is 5.14. The summed E-state index contributed by atoms with van der Waals surface area (Å²) in [6.07, 6.45) is 1.09. The Hall–Kier alpha value is -0.170. The minimum atomic E-state index is 0.464. The van der Waals surface area contributed by atoms with E-state index in [1.54, 1.807) is 28.6 Å². The molecule has 84 valence electrons. The van der Waals surface area contributed by atoms with Gasteiger partial charge in [0.1, 0.15) is 5.51 Å². The van der Waals surface area contributed by atoms with E-state index in [9.17, 15) is 0 Å². The van der Waals surface area contributed by atoms with Gasteiger partial charge in [-0.15, -0.1) is 10.2 Å². The molecule has 1 saturated heterocycles. The van der Waals surface area contributed by atoms with E-state index < -0.39 is 0 Å². The number of rotatable bonds is 4. The van der Waals surface area contributed by atoms with Crippen molar-refractivity contribution in [2.75, 3.05) is 19.8 Å². The summed E-state index contributed by atoms with van der Waals surface area (Å²) in [6, 6.07) is 0.539. The van der Waals surface area contributed by atoms with Crippen LogP contribution >= 0.6 is 23.1 Å². The largest absolute Gasteiger partial charge is 0.380 e. The second-order valence-corrected chi connectivity index (χ2v) is 5.71. The maximum absolute atomic E-state index is 5.50. The van der Waals surface area contributed by atoms with Crippen molar-refractivity contribution < 1.29 is 4.74 Å². The number of nitrogens with one attached hydrogen (secondary N) is 1. The molecule has 1 aromatic rings. The SMILES string of the molecule is CCNC1CCOCC1Sc1nncs1. The van der Waals surface area contributed by atoms with E-state index in [0.717, 1.165) is 30.5 Å². The molecule has 4 nitrogen and oxygen atoms in total. The fourth-order valence-electron chi connectivity index (χ4n) is 1.67. The van der Waals surface area contributed by atoms with Crippen molar-refractivity contribution in [3.63, 3.8) is 0 Å². The zero-order valence-electron chi connectivity index (χ0n) is 8.68. The van der Waals surface area contributed by atoms with Crippen molar-refractivity contribution in [3.8, 4) is 0 Å². The molecule has 6 heteroatoms. The Morgan fingerprint density at radius 2 is 2.67 bits per heavy atom. The van der Waals surface area contributed by atoms with Crippen molar-refractivity contribution in [2.45, 2.75) is 29.0 Å². The molecule has 2 rings (SSSR count). The highest BCUT2D eigenvalue weighted by Gasteiger charge is 2.26. The summed E-state index contributed by atoms with van der Waals surface area (Å²) in [4.78, 5) is 0. The summed E-state index contributed by atoms with van der Waals surface area (Å²) in [5.41, 5.74) is 1.77. The van der Waals surface area contributed by atoms with Crippen LogP contribution in [0.5, 0.6) is 0 Å². The van der Waals surface area contributed by atoms with E-state index in [0.29, 0.717) is 11.3 Å². The highest BCUT2D eigenvalue weighted by atomic mass is 32.2. The van der Waals surface area contributed by atoms with Crippen LogP contribution in [0.15, 0.2) is 9.85 Å². The maximum Gasteiger partial charge on any atom is 0.174 e. The van der Waals surface area contributed by atoms with Crippen LogP contribution in [0.2, 0.25) is 0 Å². The minimum absolute atomic E-state index is 0.464. The molecule has 2 atom stereocenters. The van der Waals surface area contributed by atoms with Gasteiger partial charge in [-0.2, -0.15) is 0 Å². The van der Waals surface area contributed by atoms with Crippen LogP contribution in [0.25, 0.3) is 0 Å². The lowest BCUT2D eigenvalue weighted by Gasteiger charge is -2.30. The fraction of sp³-hybridized carbons (Fsp3) is 0.778. The number of nitrogens with zero attached hydrogens (tertiary/aromatic N) is 2. The monoisotopic (exact) mass is 245 g/mol. The third-order valence-electron chi connectivity index (χ3n) is 2.36. The molecule has 1 fully saturated rings. The molecule has 1 N–H and O–H groups in total. The Morgan fingerprint density at radius 1 is 1.73 bits per heavy atom. The predicted octanol–water partition coefficient (Wildman–Crippen LogP) is 1.40. The van der Waals surface area contributed by atoms with E-state index in [1.165, 1.54) is 0 Å². The van der Waals surface area contributed by atoms with Gasteiger partial charge in [-0.25, -0.2) is 0 Å². The lowest BCUT2D eigenvalue weighted by molar-refractivity contribution is 0.0837. The van der Waals surface area contributed by atoms with Crippen molar-refractivity contribution in [1.82, 2.24) is 15.5 Å². The second-order valence-electron chi connectivity index (χ2n) is 3.39. The van der Waals surface area contributed by atoms with Crippen LogP contribution in [0.3, 0.4) is 0 Å². The summed E-state index contributed by atoms with van der Waals surface area (Å²) in [5.74, 6) is 0. The van der Waals surface area contributed by atoms with Crippen LogP contribution in [0.4, 0.5) is 0 Å². The van der Waals surface area contributed by atoms with Gasteiger partial charge in [0, 0.05) is 12.6 Å². The van der Waals surface area contributed by atoms with Gasteiger partial charge in [0.25, 0.3) is 0 Å². The van der Waals surface area contributed by atoms with Gasteiger partial charge in [-0.1, -0.05) is 30.0 Å². The van der Waals surface area contributed by atoms with Crippen molar-refractivity contribution in [1.29, 1.82) is 0 Å². The van der Waals surface area contributed by atoms with Crippen LogP contribution in [-0.4, -0.2) is 41.2 Å². The molecular weight excluding hydrogens is 230 g/mol. The number of ether oxygens (including phenoxy) is 1. The lowest BCUT2D eigenvalue weighted by atomic mass is 10.1. The van der Waals surface area contributed by atoms with E-state index >= 15 is 0 Å². The molecule has 0 spiro atoms. The van der Waals surface area contributed by atoms with Gasteiger partial charge in [-0.05, 0) is 13.0 Å². The molecule has 0 saturated carbocycles. The number of thioether (sulfide) groups is 1. The predicted molar refractivity (Wildman–Crippen MR) is 62.5 cm³/mol. The molecule has 2 unspecified atom stereocenters. The Labute approximate surface area is 97.8 Å². The van der Waals surface area contributed by atoms with E-state index in [-0.39, 0.29) is 0 Å². The molecule has 0 radical (unpaired) electrons. The first kappa shape index (κ1) is 11.3. The third-order valence-corrected chi connectivity index (χ3v) is 4.47. The fourth-order valence-corrected chi connectivity index (χ4v) is 3.58. The van der Waals surface area contributed by atoms with Crippen molar-refractivity contribution in [3.05, 3.63) is 5.51 Å². The number of hydrogen-bond donors (Lipinski definition) is 1. The van der Waals surface area contributed by atoms with Gasteiger partial charge >= 0.3 is 0 Å². The molecule has 0 aliphatic carbocycles. The first-order valence-corrected chi connectivity index (χ1v) is 6.90. The zero-order valence-corrected chi connectivity index (χ0v) is 10.3. The molecule has 0 amide bonds. The summed E-state index contributed by atoms with van der Waals surface area (Å²) in [6.45, 7) is 4.83. The zero-order chi connectivity index (χ0) is 10.5. The topological polar surface area (TPSA) is 47.0 Å². The summed E-state index contributed by atoms with van der Waals surface area (Å²) < 4.78 is 6.54. The van der Waals surface area contributed by atoms with E-state index in [1.807, 2.05) is 0 Å². The van der Waals surface area contributed by atoms with Crippen LogP contribution in [-0.2, 0) is 4.74 Å². The van der Waals surface area contributed by atoms with Gasteiger partial charge in [-0.3, -0.25) is 0 Å². The quantitative estimate of drug-likeness (QED) is 0.869. The second kappa shape index (κ2) is 5.79. The molecule has 1 aromatic heterocycles. The average molecular weight is 245 g/mol. The first-order chi connectivity index (χ1) is 7.40.